The third kappa shape index (κ3) is 4.67. The highest BCUT2D eigenvalue weighted by molar-refractivity contribution is 7.90. The van der Waals surface area contributed by atoms with Crippen LogP contribution < -0.4 is 10.6 Å². The average Bonchev–Trinajstić information content (AvgIpc) is 3.40. The van der Waals surface area contributed by atoms with E-state index in [1.54, 1.807) is 4.31 Å². The lowest BCUT2D eigenvalue weighted by Crippen LogP contribution is -2.47. The van der Waals surface area contributed by atoms with Crippen molar-refractivity contribution in [1.29, 1.82) is 0 Å². The maximum atomic E-state index is 12.2. The Morgan fingerprint density at radius 3 is 2.30 bits per heavy atom. The number of amides is 1. The lowest BCUT2D eigenvalue weighted by atomic mass is 9.93. The Morgan fingerprint density at radius 2 is 1.70 bits per heavy atom. The van der Waals surface area contributed by atoms with Crippen LogP contribution in [0.2, 0.25) is 0 Å². The van der Waals surface area contributed by atoms with Gasteiger partial charge in [-0.15, -0.1) is 0 Å². The number of nitrogens with zero attached hydrogens (tertiary/aromatic N) is 1. The highest BCUT2D eigenvalue weighted by Crippen LogP contribution is 2.32. The third-order valence-electron chi connectivity index (χ3n) is 5.36. The first kappa shape index (κ1) is 17.2. The van der Waals surface area contributed by atoms with E-state index in [1.165, 1.54) is 12.8 Å². The number of carbonyl (C=O) groups excluding carboxylic acids is 1. The summed E-state index contributed by atoms with van der Waals surface area (Å²) in [5.74, 6) is 0.805. The van der Waals surface area contributed by atoms with Crippen LogP contribution in [0, 0.1) is 5.92 Å². The quantitative estimate of drug-likeness (QED) is 0.749. The van der Waals surface area contributed by atoms with Crippen molar-refractivity contribution in [2.75, 3.05) is 26.2 Å². The number of nitrogens with one attached hydrogen (secondary N) is 2. The molecule has 0 aromatic carbocycles. The van der Waals surface area contributed by atoms with Crippen molar-refractivity contribution >= 4 is 15.9 Å². The summed E-state index contributed by atoms with van der Waals surface area (Å²) in [6.45, 7) is 3.25. The van der Waals surface area contributed by atoms with Crippen LogP contribution in [0.1, 0.15) is 51.4 Å². The van der Waals surface area contributed by atoms with E-state index >= 15 is 0 Å². The zero-order valence-corrected chi connectivity index (χ0v) is 14.6. The SMILES string of the molecule is O=C(CCC1CCNCC1)NC1CCN(S(=O)(=O)C2CC2)CC1. The summed E-state index contributed by atoms with van der Waals surface area (Å²) in [4.78, 5) is 12.1. The fourth-order valence-electron chi connectivity index (χ4n) is 3.64. The van der Waals surface area contributed by atoms with Crippen molar-refractivity contribution in [3.8, 4) is 0 Å². The number of hydrogen-bond donors (Lipinski definition) is 2. The zero-order chi connectivity index (χ0) is 16.3. The molecule has 132 valence electrons. The molecular weight excluding hydrogens is 314 g/mol. The fraction of sp³-hybridized carbons (Fsp3) is 0.938. The molecule has 23 heavy (non-hydrogen) atoms. The minimum atomic E-state index is -3.05. The van der Waals surface area contributed by atoms with Gasteiger partial charge in [-0.05, 0) is 64.0 Å². The molecule has 0 bridgehead atoms. The molecule has 2 saturated heterocycles. The minimum absolute atomic E-state index is 0.126. The van der Waals surface area contributed by atoms with Crippen LogP contribution in [0.15, 0.2) is 0 Å². The van der Waals surface area contributed by atoms with E-state index in [-0.39, 0.29) is 17.2 Å². The molecule has 1 amide bonds. The highest BCUT2D eigenvalue weighted by atomic mass is 32.2. The summed E-state index contributed by atoms with van der Waals surface area (Å²) in [6, 6.07) is 0.140. The van der Waals surface area contributed by atoms with E-state index in [0.717, 1.165) is 45.2 Å². The number of piperidine rings is 2. The summed E-state index contributed by atoms with van der Waals surface area (Å²) in [6.07, 6.45) is 7.03. The standard InChI is InChI=1S/C16H29N3O3S/c20-16(4-1-13-5-9-17-10-6-13)18-14-7-11-19(12-8-14)23(21,22)15-2-3-15/h13-15,17H,1-12H2,(H,18,20). The van der Waals surface area contributed by atoms with E-state index in [2.05, 4.69) is 10.6 Å². The Labute approximate surface area is 139 Å². The van der Waals surface area contributed by atoms with Crippen molar-refractivity contribution in [2.45, 2.75) is 62.7 Å². The van der Waals surface area contributed by atoms with Crippen LogP contribution in [0.5, 0.6) is 0 Å². The van der Waals surface area contributed by atoms with Crippen LogP contribution in [0.25, 0.3) is 0 Å². The first-order valence-electron chi connectivity index (χ1n) is 9.05. The summed E-state index contributed by atoms with van der Waals surface area (Å²) in [7, 11) is -3.05. The second kappa shape index (κ2) is 7.49. The van der Waals surface area contributed by atoms with Gasteiger partial charge in [0.1, 0.15) is 0 Å². The molecule has 3 rings (SSSR count). The first-order chi connectivity index (χ1) is 11.1. The van der Waals surface area contributed by atoms with Gasteiger partial charge >= 0.3 is 0 Å². The highest BCUT2D eigenvalue weighted by Gasteiger charge is 2.41. The normalized spacial score (nSPS) is 25.4. The van der Waals surface area contributed by atoms with E-state index in [9.17, 15) is 13.2 Å². The Balaban J connectivity index is 1.35. The lowest BCUT2D eigenvalue weighted by Gasteiger charge is -2.31. The molecule has 0 aromatic heterocycles. The topological polar surface area (TPSA) is 78.5 Å². The minimum Gasteiger partial charge on any atom is -0.353 e. The fourth-order valence-corrected chi connectivity index (χ4v) is 5.51. The van der Waals surface area contributed by atoms with Crippen LogP contribution in [0.3, 0.4) is 0 Å². The van der Waals surface area contributed by atoms with Crippen LogP contribution in [-0.2, 0) is 14.8 Å². The van der Waals surface area contributed by atoms with Crippen molar-refractivity contribution in [2.24, 2.45) is 5.92 Å². The molecule has 0 aromatic rings. The summed E-state index contributed by atoms with van der Waals surface area (Å²) >= 11 is 0. The molecule has 7 heteroatoms. The van der Waals surface area contributed by atoms with Gasteiger partial charge in [0.15, 0.2) is 0 Å². The maximum Gasteiger partial charge on any atom is 0.220 e. The molecule has 0 unspecified atom stereocenters. The maximum absolute atomic E-state index is 12.2. The van der Waals surface area contributed by atoms with E-state index < -0.39 is 10.0 Å². The van der Waals surface area contributed by atoms with Crippen molar-refractivity contribution in [3.05, 3.63) is 0 Å². The van der Waals surface area contributed by atoms with E-state index in [4.69, 9.17) is 0 Å². The molecule has 3 fully saturated rings. The number of hydrogen-bond acceptors (Lipinski definition) is 4. The molecular formula is C16H29N3O3S. The van der Waals surface area contributed by atoms with E-state index in [0.29, 0.717) is 25.4 Å². The van der Waals surface area contributed by atoms with Crippen LogP contribution in [0.4, 0.5) is 0 Å². The van der Waals surface area contributed by atoms with Crippen molar-refractivity contribution in [1.82, 2.24) is 14.9 Å². The Morgan fingerprint density at radius 1 is 1.04 bits per heavy atom. The summed E-state index contributed by atoms with van der Waals surface area (Å²) < 4.78 is 26.0. The molecule has 1 saturated carbocycles. The monoisotopic (exact) mass is 343 g/mol. The van der Waals surface area contributed by atoms with Gasteiger partial charge in [-0.1, -0.05) is 0 Å². The Hall–Kier alpha value is -0.660. The average molecular weight is 343 g/mol. The molecule has 0 spiro atoms. The molecule has 0 atom stereocenters. The number of sulfonamides is 1. The van der Waals surface area contributed by atoms with Gasteiger partial charge < -0.3 is 10.6 Å². The third-order valence-corrected chi connectivity index (χ3v) is 7.76. The second-order valence-electron chi connectivity index (χ2n) is 7.22. The molecule has 1 aliphatic carbocycles. The van der Waals surface area contributed by atoms with Crippen molar-refractivity contribution in [3.63, 3.8) is 0 Å². The molecule has 6 nitrogen and oxygen atoms in total. The molecule has 3 aliphatic rings. The summed E-state index contributed by atoms with van der Waals surface area (Å²) in [5, 5.41) is 6.32. The van der Waals surface area contributed by atoms with Crippen molar-refractivity contribution < 1.29 is 13.2 Å². The molecule has 2 N–H and O–H groups in total. The Kier molecular flexibility index (Phi) is 5.59. The first-order valence-corrected chi connectivity index (χ1v) is 10.5. The number of carbonyl (C=O) groups is 1. The smallest absolute Gasteiger partial charge is 0.220 e. The van der Waals surface area contributed by atoms with Gasteiger partial charge in [-0.2, -0.15) is 0 Å². The number of rotatable bonds is 6. The molecule has 2 heterocycles. The second-order valence-corrected chi connectivity index (χ2v) is 9.43. The molecule has 0 radical (unpaired) electrons. The van der Waals surface area contributed by atoms with Crippen LogP contribution >= 0.6 is 0 Å². The molecule has 2 aliphatic heterocycles. The Bertz CT molecular complexity index is 505. The van der Waals surface area contributed by atoms with Gasteiger partial charge in [0, 0.05) is 25.6 Å². The lowest BCUT2D eigenvalue weighted by molar-refractivity contribution is -0.122. The van der Waals surface area contributed by atoms with Gasteiger partial charge in [-0.25, -0.2) is 12.7 Å². The predicted octanol–water partition coefficient (Wildman–Crippen LogP) is 0.839. The van der Waals surface area contributed by atoms with E-state index in [1.807, 2.05) is 0 Å². The van der Waals surface area contributed by atoms with Gasteiger partial charge in [0.2, 0.25) is 15.9 Å². The predicted molar refractivity (Wildman–Crippen MR) is 89.5 cm³/mol. The zero-order valence-electron chi connectivity index (χ0n) is 13.8. The largest absolute Gasteiger partial charge is 0.353 e. The van der Waals surface area contributed by atoms with Crippen LogP contribution in [-0.4, -0.2) is 56.1 Å². The van der Waals surface area contributed by atoms with Gasteiger partial charge in [0.05, 0.1) is 5.25 Å². The van der Waals surface area contributed by atoms with Gasteiger partial charge in [-0.3, -0.25) is 4.79 Å². The van der Waals surface area contributed by atoms with Gasteiger partial charge in [0.25, 0.3) is 0 Å². The summed E-state index contributed by atoms with van der Waals surface area (Å²) in [5.41, 5.74) is 0.